The molecule has 0 aliphatic rings. The third-order valence-corrected chi connectivity index (χ3v) is 5.33. The average Bonchev–Trinajstić information content (AvgIpc) is 2.70. The zero-order valence-electron chi connectivity index (χ0n) is 16.1. The number of pyridine rings is 1. The quantitative estimate of drug-likeness (QED) is 0.620. The molecule has 3 aromatic rings. The van der Waals surface area contributed by atoms with Crippen molar-refractivity contribution in [1.29, 1.82) is 0 Å². The molecule has 158 valence electrons. The first kappa shape index (κ1) is 21.6. The number of rotatable bonds is 4. The highest BCUT2D eigenvalue weighted by atomic mass is 32.2. The van der Waals surface area contributed by atoms with Crippen molar-refractivity contribution >= 4 is 34.3 Å². The molecule has 2 aromatic carbocycles. The molecule has 0 atom stereocenters. The monoisotopic (exact) mass is 438 g/mol. The van der Waals surface area contributed by atoms with Gasteiger partial charge in [-0.2, -0.15) is 0 Å². The van der Waals surface area contributed by atoms with E-state index >= 15 is 0 Å². The number of aryl methyl sites for hydroxylation is 1. The molecule has 0 unspecified atom stereocenters. The molecular formula is C20H17F3N2O4S. The van der Waals surface area contributed by atoms with Gasteiger partial charge in [0.05, 0.1) is 10.9 Å². The van der Waals surface area contributed by atoms with Gasteiger partial charge in [0.2, 0.25) is 0 Å². The zero-order chi connectivity index (χ0) is 22.2. The molecule has 0 saturated heterocycles. The van der Waals surface area contributed by atoms with E-state index in [-0.39, 0.29) is 5.69 Å². The lowest BCUT2D eigenvalue weighted by Crippen LogP contribution is -2.34. The molecule has 1 amide bonds. The summed E-state index contributed by atoms with van der Waals surface area (Å²) in [5, 5.41) is 11.2. The molecule has 30 heavy (non-hydrogen) atoms. The van der Waals surface area contributed by atoms with Crippen molar-refractivity contribution in [2.75, 3.05) is 18.2 Å². The Hall–Kier alpha value is -3.14. The third kappa shape index (κ3) is 3.95. The summed E-state index contributed by atoms with van der Waals surface area (Å²) in [6.45, 7) is 0. The molecular weight excluding hydrogens is 421 g/mol. The normalized spacial score (nSPS) is 11.5. The molecule has 3 rings (SSSR count). The highest BCUT2D eigenvalue weighted by molar-refractivity contribution is 7.98. The second kappa shape index (κ2) is 7.94. The number of ether oxygens (including phenoxy) is 1. The first-order chi connectivity index (χ1) is 14.0. The minimum Gasteiger partial charge on any atom is -0.506 e. The Morgan fingerprint density at radius 2 is 1.80 bits per heavy atom. The fourth-order valence-corrected chi connectivity index (χ4v) is 3.68. The van der Waals surface area contributed by atoms with Gasteiger partial charge in [-0.1, -0.05) is 6.07 Å². The highest BCUT2D eigenvalue weighted by Gasteiger charge is 2.31. The van der Waals surface area contributed by atoms with Crippen LogP contribution < -0.4 is 15.2 Å². The summed E-state index contributed by atoms with van der Waals surface area (Å²) in [7, 11) is 2.85. The van der Waals surface area contributed by atoms with Gasteiger partial charge < -0.3 is 19.3 Å². The molecule has 0 aliphatic carbocycles. The maximum Gasteiger partial charge on any atom is 0.573 e. The summed E-state index contributed by atoms with van der Waals surface area (Å²) in [4.78, 5) is 27.6. The van der Waals surface area contributed by atoms with Crippen LogP contribution in [-0.2, 0) is 7.05 Å². The summed E-state index contributed by atoms with van der Waals surface area (Å²) < 4.78 is 42.0. The summed E-state index contributed by atoms with van der Waals surface area (Å²) in [6, 6.07) is 9.75. The van der Waals surface area contributed by atoms with E-state index in [0.717, 1.165) is 17.0 Å². The van der Waals surface area contributed by atoms with Gasteiger partial charge in [-0.05, 0) is 42.7 Å². The number of carbonyl (C=O) groups excluding carboxylic acids is 1. The van der Waals surface area contributed by atoms with Gasteiger partial charge >= 0.3 is 6.36 Å². The lowest BCUT2D eigenvalue weighted by atomic mass is 10.1. The Bertz CT molecular complexity index is 1170. The minimum absolute atomic E-state index is 0.217. The predicted octanol–water partition coefficient (Wildman–Crippen LogP) is 4.14. The molecule has 1 N–H and O–H groups in total. The maximum absolute atomic E-state index is 13.0. The molecule has 0 spiro atoms. The Morgan fingerprint density at radius 1 is 1.17 bits per heavy atom. The number of aromatic hydroxyl groups is 1. The second-order valence-corrected chi connectivity index (χ2v) is 7.20. The molecule has 0 aliphatic heterocycles. The number of benzene rings is 2. The first-order valence-electron chi connectivity index (χ1n) is 8.57. The Balaban J connectivity index is 2.05. The van der Waals surface area contributed by atoms with Crippen molar-refractivity contribution in [3.05, 3.63) is 58.4 Å². The molecule has 1 aromatic heterocycles. The van der Waals surface area contributed by atoms with E-state index < -0.39 is 34.9 Å². The van der Waals surface area contributed by atoms with Crippen LogP contribution in [0.5, 0.6) is 11.5 Å². The van der Waals surface area contributed by atoms with E-state index in [4.69, 9.17) is 0 Å². The number of halogens is 3. The summed E-state index contributed by atoms with van der Waals surface area (Å²) >= 11 is 1.35. The van der Waals surface area contributed by atoms with E-state index in [1.54, 1.807) is 24.5 Å². The molecule has 0 saturated carbocycles. The zero-order valence-corrected chi connectivity index (χ0v) is 17.0. The highest BCUT2D eigenvalue weighted by Crippen LogP contribution is 2.35. The number of alkyl halides is 3. The lowest BCUT2D eigenvalue weighted by molar-refractivity contribution is -0.274. The van der Waals surface area contributed by atoms with E-state index in [1.807, 2.05) is 0 Å². The Kier molecular flexibility index (Phi) is 5.71. The average molecular weight is 438 g/mol. The number of nitrogens with zero attached hydrogens (tertiary/aromatic N) is 2. The molecule has 1 heterocycles. The first-order valence-corrected chi connectivity index (χ1v) is 9.80. The fourth-order valence-electron chi connectivity index (χ4n) is 3.06. The predicted molar refractivity (Wildman–Crippen MR) is 108 cm³/mol. The largest absolute Gasteiger partial charge is 0.573 e. The molecule has 6 nitrogen and oxygen atoms in total. The van der Waals surface area contributed by atoms with Gasteiger partial charge in [-0.15, -0.1) is 24.9 Å². The second-order valence-electron chi connectivity index (χ2n) is 6.35. The number of anilines is 1. The smallest absolute Gasteiger partial charge is 0.506 e. The number of thioether (sulfide) groups is 1. The minimum atomic E-state index is -4.83. The maximum atomic E-state index is 13.0. The van der Waals surface area contributed by atoms with E-state index in [0.29, 0.717) is 15.8 Å². The van der Waals surface area contributed by atoms with E-state index in [1.165, 1.54) is 42.6 Å². The van der Waals surface area contributed by atoms with E-state index in [9.17, 15) is 27.9 Å². The lowest BCUT2D eigenvalue weighted by Gasteiger charge is -2.20. The molecule has 10 heteroatoms. The van der Waals surface area contributed by atoms with Crippen molar-refractivity contribution < 1.29 is 27.8 Å². The van der Waals surface area contributed by atoms with Crippen LogP contribution in [-0.4, -0.2) is 35.2 Å². The summed E-state index contributed by atoms with van der Waals surface area (Å²) in [5.74, 6) is -1.68. The van der Waals surface area contributed by atoms with Crippen LogP contribution >= 0.6 is 11.8 Å². The fraction of sp³-hybridized carbons (Fsp3) is 0.200. The van der Waals surface area contributed by atoms with Gasteiger partial charge in [-0.25, -0.2) is 0 Å². The van der Waals surface area contributed by atoms with Crippen LogP contribution in [0, 0.1) is 0 Å². The van der Waals surface area contributed by atoms with Gasteiger partial charge in [-0.3, -0.25) is 9.59 Å². The van der Waals surface area contributed by atoms with Crippen molar-refractivity contribution in [2.45, 2.75) is 11.3 Å². The molecule has 0 fully saturated rings. The number of hydrogen-bond donors (Lipinski definition) is 1. The number of aromatic nitrogens is 1. The molecule has 0 radical (unpaired) electrons. The van der Waals surface area contributed by atoms with Crippen LogP contribution in [0.3, 0.4) is 0 Å². The number of hydrogen-bond acceptors (Lipinski definition) is 5. The Morgan fingerprint density at radius 3 is 2.37 bits per heavy atom. The van der Waals surface area contributed by atoms with Gasteiger partial charge in [0.1, 0.15) is 17.1 Å². The van der Waals surface area contributed by atoms with Crippen LogP contribution in [0.2, 0.25) is 0 Å². The SMILES string of the molecule is CSc1cccc2c1c(O)c(C(=O)N(C)c1ccc(OC(F)(F)F)cc1)c(=O)n2C. The van der Waals surface area contributed by atoms with Crippen molar-refractivity contribution in [3.63, 3.8) is 0 Å². The third-order valence-electron chi connectivity index (χ3n) is 4.55. The van der Waals surface area contributed by atoms with E-state index in [2.05, 4.69) is 4.74 Å². The van der Waals surface area contributed by atoms with Gasteiger partial charge in [0.25, 0.3) is 11.5 Å². The van der Waals surface area contributed by atoms with Crippen LogP contribution in [0.1, 0.15) is 10.4 Å². The van der Waals surface area contributed by atoms with Crippen molar-refractivity contribution in [3.8, 4) is 11.5 Å². The van der Waals surface area contributed by atoms with Crippen LogP contribution in [0.15, 0.2) is 52.2 Å². The number of amides is 1. The summed E-state index contributed by atoms with van der Waals surface area (Å²) in [5.41, 5.74) is -0.428. The van der Waals surface area contributed by atoms with Gasteiger partial charge in [0.15, 0.2) is 0 Å². The number of carbonyl (C=O) groups is 1. The summed E-state index contributed by atoms with van der Waals surface area (Å²) in [6.07, 6.45) is -3.03. The van der Waals surface area contributed by atoms with Gasteiger partial charge in [0, 0.05) is 24.7 Å². The van der Waals surface area contributed by atoms with Crippen molar-refractivity contribution in [1.82, 2.24) is 4.57 Å². The van der Waals surface area contributed by atoms with Crippen LogP contribution in [0.4, 0.5) is 18.9 Å². The standard InChI is InChI=1S/C20H17F3N2O4S/c1-24(11-7-9-12(10-8-11)29-20(21,22)23)18(27)16-17(26)15-13(25(2)19(16)28)5-4-6-14(15)30-3/h4-10,26H,1-3H3. The van der Waals surface area contributed by atoms with Crippen LogP contribution in [0.25, 0.3) is 10.9 Å². The van der Waals surface area contributed by atoms with Crippen molar-refractivity contribution in [2.24, 2.45) is 7.05 Å². The number of fused-ring (bicyclic) bond motifs is 1. The topological polar surface area (TPSA) is 71.8 Å². The Labute approximate surface area is 173 Å². The molecule has 0 bridgehead atoms.